The van der Waals surface area contributed by atoms with E-state index in [0.29, 0.717) is 22.3 Å². The molecule has 0 bridgehead atoms. The summed E-state index contributed by atoms with van der Waals surface area (Å²) in [7, 11) is 1.70. The number of aryl methyl sites for hydroxylation is 2. The zero-order valence-electron chi connectivity index (χ0n) is 14.1. The van der Waals surface area contributed by atoms with Gasteiger partial charge in [-0.25, -0.2) is 4.39 Å². The normalized spacial score (nSPS) is 13.8. The van der Waals surface area contributed by atoms with Gasteiger partial charge in [-0.05, 0) is 61.9 Å². The lowest BCUT2D eigenvalue weighted by Gasteiger charge is -2.18. The first-order chi connectivity index (χ1) is 11.5. The molecule has 0 radical (unpaired) electrons. The minimum atomic E-state index is -0.317. The van der Waals surface area contributed by atoms with E-state index in [1.807, 2.05) is 19.1 Å². The molecule has 3 rings (SSSR count). The molecule has 128 valence electrons. The number of rotatable bonds is 6. The number of anilines is 3. The molecule has 2 aromatic rings. The summed E-state index contributed by atoms with van der Waals surface area (Å²) in [4.78, 5) is 12.3. The number of nitrogens with one attached hydrogen (secondary N) is 2. The molecule has 1 aliphatic rings. The van der Waals surface area contributed by atoms with Gasteiger partial charge in [0.25, 0.3) is 5.56 Å². The van der Waals surface area contributed by atoms with Gasteiger partial charge in [-0.15, -0.1) is 0 Å². The molecule has 1 heterocycles. The number of hydrogen-bond donors (Lipinski definition) is 2. The molecule has 1 saturated carbocycles. The average Bonchev–Trinajstić information content (AvgIpc) is 3.39. The van der Waals surface area contributed by atoms with Crippen LogP contribution in [0.15, 0.2) is 29.1 Å². The molecule has 2 N–H and O–H groups in total. The Labute approximate surface area is 145 Å². The van der Waals surface area contributed by atoms with Crippen molar-refractivity contribution in [1.29, 1.82) is 0 Å². The van der Waals surface area contributed by atoms with Gasteiger partial charge in [0.15, 0.2) is 0 Å². The number of benzene rings is 1. The number of hydrogen-bond acceptors (Lipinski definition) is 4. The van der Waals surface area contributed by atoms with Gasteiger partial charge in [-0.1, -0.05) is 13.0 Å². The first-order valence-corrected chi connectivity index (χ1v) is 9.05. The summed E-state index contributed by atoms with van der Waals surface area (Å²) in [5, 5.41) is 3.71. The maximum atomic E-state index is 14.3. The number of halogens is 1. The summed E-state index contributed by atoms with van der Waals surface area (Å²) in [5.41, 5.74) is 2.67. The first kappa shape index (κ1) is 16.9. The van der Waals surface area contributed by atoms with Gasteiger partial charge < -0.3 is 10.0 Å². The van der Waals surface area contributed by atoms with E-state index >= 15 is 0 Å². The molecule has 0 amide bonds. The van der Waals surface area contributed by atoms with Crippen LogP contribution in [0.3, 0.4) is 0 Å². The van der Waals surface area contributed by atoms with E-state index in [4.69, 9.17) is 0 Å². The molecule has 6 heteroatoms. The third-order valence-electron chi connectivity index (χ3n) is 4.15. The Balaban J connectivity index is 1.95. The number of nitrogens with zero attached hydrogens (tertiary/aromatic N) is 1. The van der Waals surface area contributed by atoms with Crippen LogP contribution in [0.1, 0.15) is 30.9 Å². The molecule has 1 aromatic heterocycles. The lowest BCUT2D eigenvalue weighted by atomic mass is 10.1. The topological polar surface area (TPSA) is 46.1 Å². The highest BCUT2D eigenvalue weighted by molar-refractivity contribution is 8.01. The number of pyridine rings is 1. The Morgan fingerprint density at radius 2 is 2.04 bits per heavy atom. The molecule has 0 saturated heterocycles. The fourth-order valence-electron chi connectivity index (χ4n) is 2.46. The molecule has 0 aliphatic heterocycles. The largest absolute Gasteiger partial charge is 0.337 e. The highest BCUT2D eigenvalue weighted by Crippen LogP contribution is 2.36. The standard InChI is InChI=1S/C18H22FN3OS/c1-4-12-5-8-15(14(19)10-12)20-17-16(21-24-13-6-7-13)9-11(2)18(23)22(17)3/h5,8-10,13,20-21H,4,6-7H2,1-3H3. The fourth-order valence-corrected chi connectivity index (χ4v) is 3.28. The quantitative estimate of drug-likeness (QED) is 0.762. The second-order valence-electron chi connectivity index (χ2n) is 6.17. The molecule has 0 spiro atoms. The lowest BCUT2D eigenvalue weighted by Crippen LogP contribution is -2.22. The van der Waals surface area contributed by atoms with Crippen molar-refractivity contribution >= 4 is 29.1 Å². The van der Waals surface area contributed by atoms with Crippen LogP contribution < -0.4 is 15.6 Å². The molecule has 1 fully saturated rings. The maximum Gasteiger partial charge on any atom is 0.254 e. The summed E-state index contributed by atoms with van der Waals surface area (Å²) in [6.45, 7) is 3.78. The van der Waals surface area contributed by atoms with Crippen molar-refractivity contribution in [2.24, 2.45) is 7.05 Å². The zero-order chi connectivity index (χ0) is 17.3. The van der Waals surface area contributed by atoms with Crippen molar-refractivity contribution in [3.63, 3.8) is 0 Å². The van der Waals surface area contributed by atoms with E-state index in [2.05, 4.69) is 10.0 Å². The van der Waals surface area contributed by atoms with Gasteiger partial charge in [0.05, 0.1) is 11.4 Å². The maximum absolute atomic E-state index is 14.3. The van der Waals surface area contributed by atoms with E-state index in [9.17, 15) is 9.18 Å². The van der Waals surface area contributed by atoms with Crippen molar-refractivity contribution in [3.05, 3.63) is 51.6 Å². The predicted octanol–water partition coefficient (Wildman–Crippen LogP) is 4.36. The van der Waals surface area contributed by atoms with Crippen LogP contribution in [0.5, 0.6) is 0 Å². The molecule has 0 atom stereocenters. The van der Waals surface area contributed by atoms with E-state index in [-0.39, 0.29) is 11.4 Å². The Morgan fingerprint density at radius 3 is 2.67 bits per heavy atom. The van der Waals surface area contributed by atoms with E-state index in [1.54, 1.807) is 32.0 Å². The summed E-state index contributed by atoms with van der Waals surface area (Å²) >= 11 is 1.65. The highest BCUT2D eigenvalue weighted by Gasteiger charge is 2.23. The van der Waals surface area contributed by atoms with Crippen LogP contribution in [0.25, 0.3) is 0 Å². The Bertz CT molecular complexity index is 815. The number of aromatic nitrogens is 1. The van der Waals surface area contributed by atoms with E-state index in [0.717, 1.165) is 17.7 Å². The van der Waals surface area contributed by atoms with Gasteiger partial charge in [-0.3, -0.25) is 9.36 Å². The Morgan fingerprint density at radius 1 is 1.29 bits per heavy atom. The lowest BCUT2D eigenvalue weighted by molar-refractivity contribution is 0.629. The van der Waals surface area contributed by atoms with Crippen molar-refractivity contribution in [1.82, 2.24) is 4.57 Å². The first-order valence-electron chi connectivity index (χ1n) is 8.17. The molecule has 4 nitrogen and oxygen atoms in total. The van der Waals surface area contributed by atoms with E-state index in [1.165, 1.54) is 23.5 Å². The summed E-state index contributed by atoms with van der Waals surface area (Å²) in [6.07, 6.45) is 3.20. The Kier molecular flexibility index (Phi) is 4.85. The molecule has 1 aromatic carbocycles. The monoisotopic (exact) mass is 347 g/mol. The van der Waals surface area contributed by atoms with Crippen molar-refractivity contribution < 1.29 is 4.39 Å². The van der Waals surface area contributed by atoms with E-state index < -0.39 is 0 Å². The second kappa shape index (κ2) is 6.89. The van der Waals surface area contributed by atoms with Gasteiger partial charge in [0, 0.05) is 17.9 Å². The van der Waals surface area contributed by atoms with Gasteiger partial charge in [0.2, 0.25) is 0 Å². The van der Waals surface area contributed by atoms with Crippen LogP contribution in [0.4, 0.5) is 21.6 Å². The SMILES string of the molecule is CCc1ccc(Nc2c(NSC3CC3)cc(C)c(=O)n2C)c(F)c1. The smallest absolute Gasteiger partial charge is 0.254 e. The summed E-state index contributed by atoms with van der Waals surface area (Å²) < 4.78 is 19.2. The van der Waals surface area contributed by atoms with Crippen LogP contribution in [-0.4, -0.2) is 9.82 Å². The third-order valence-corrected chi connectivity index (χ3v) is 5.29. The van der Waals surface area contributed by atoms with Crippen molar-refractivity contribution in [3.8, 4) is 0 Å². The molecule has 1 aliphatic carbocycles. The van der Waals surface area contributed by atoms with Crippen molar-refractivity contribution in [2.45, 2.75) is 38.4 Å². The zero-order valence-corrected chi connectivity index (χ0v) is 15.0. The van der Waals surface area contributed by atoms with Gasteiger partial charge >= 0.3 is 0 Å². The molecular formula is C18H22FN3OS. The summed E-state index contributed by atoms with van der Waals surface area (Å²) in [5.74, 6) is 0.255. The van der Waals surface area contributed by atoms with Crippen LogP contribution in [0, 0.1) is 12.7 Å². The van der Waals surface area contributed by atoms with Crippen LogP contribution in [-0.2, 0) is 13.5 Å². The van der Waals surface area contributed by atoms with Crippen LogP contribution >= 0.6 is 11.9 Å². The summed E-state index contributed by atoms with van der Waals surface area (Å²) in [6, 6.07) is 6.96. The third kappa shape index (κ3) is 3.59. The highest BCUT2D eigenvalue weighted by atomic mass is 32.2. The fraction of sp³-hybridized carbons (Fsp3) is 0.389. The molecular weight excluding hydrogens is 325 g/mol. The molecule has 24 heavy (non-hydrogen) atoms. The second-order valence-corrected chi connectivity index (χ2v) is 7.27. The predicted molar refractivity (Wildman–Crippen MR) is 99.7 cm³/mol. The van der Waals surface area contributed by atoms with Gasteiger partial charge in [0.1, 0.15) is 11.6 Å². The van der Waals surface area contributed by atoms with Crippen LogP contribution in [0.2, 0.25) is 0 Å². The van der Waals surface area contributed by atoms with Crippen molar-refractivity contribution in [2.75, 3.05) is 10.0 Å². The molecule has 0 unspecified atom stereocenters. The minimum absolute atomic E-state index is 0.0925. The Hall–Kier alpha value is -1.95. The minimum Gasteiger partial charge on any atom is -0.337 e. The van der Waals surface area contributed by atoms with Gasteiger partial charge in [-0.2, -0.15) is 0 Å². The average molecular weight is 347 g/mol.